The summed E-state index contributed by atoms with van der Waals surface area (Å²) in [5, 5.41) is 2.85. The van der Waals surface area contributed by atoms with E-state index in [-0.39, 0.29) is 11.2 Å². The number of carbonyl (C=O) groups is 1. The zero-order valence-electron chi connectivity index (χ0n) is 12.0. The van der Waals surface area contributed by atoms with Crippen molar-refractivity contribution in [1.29, 1.82) is 0 Å². The number of hydrogen-bond acceptors (Lipinski definition) is 4. The molecule has 2 atom stereocenters. The first-order valence-corrected chi connectivity index (χ1v) is 8.02. The Labute approximate surface area is 124 Å². The van der Waals surface area contributed by atoms with Crippen molar-refractivity contribution in [3.05, 3.63) is 23.8 Å². The lowest BCUT2D eigenvalue weighted by atomic mass is 10.1. The van der Waals surface area contributed by atoms with E-state index in [2.05, 4.69) is 5.32 Å². The molecule has 0 radical (unpaired) electrons. The van der Waals surface area contributed by atoms with Crippen molar-refractivity contribution in [3.8, 4) is 0 Å². The van der Waals surface area contributed by atoms with Crippen LogP contribution in [0.15, 0.2) is 18.2 Å². The summed E-state index contributed by atoms with van der Waals surface area (Å²) in [6.45, 7) is 4.69. The average Bonchev–Trinajstić information content (AvgIpc) is 2.94. The van der Waals surface area contributed by atoms with E-state index in [1.807, 2.05) is 32.0 Å². The average molecular weight is 294 g/mol. The van der Waals surface area contributed by atoms with Crippen molar-refractivity contribution in [1.82, 2.24) is 0 Å². The third-order valence-electron chi connectivity index (χ3n) is 3.56. The molecule has 1 aliphatic rings. The molecular weight excluding hydrogens is 272 g/mol. The summed E-state index contributed by atoms with van der Waals surface area (Å²) in [7, 11) is 0. The molecule has 2 unspecified atom stereocenters. The third-order valence-corrected chi connectivity index (χ3v) is 4.84. The first-order valence-electron chi connectivity index (χ1n) is 6.97. The molecule has 1 saturated heterocycles. The minimum absolute atomic E-state index is 0.0155. The van der Waals surface area contributed by atoms with Gasteiger partial charge in [0.2, 0.25) is 5.91 Å². The van der Waals surface area contributed by atoms with Crippen LogP contribution in [0.25, 0.3) is 0 Å². The van der Waals surface area contributed by atoms with E-state index < -0.39 is 0 Å². The summed E-state index contributed by atoms with van der Waals surface area (Å²) in [5.41, 5.74) is 8.24. The monoisotopic (exact) mass is 294 g/mol. The number of anilines is 2. The van der Waals surface area contributed by atoms with E-state index in [1.54, 1.807) is 11.8 Å². The lowest BCUT2D eigenvalue weighted by Crippen LogP contribution is -2.24. The number of nitrogens with one attached hydrogen (secondary N) is 1. The summed E-state index contributed by atoms with van der Waals surface area (Å²) in [6, 6.07) is 5.56. The summed E-state index contributed by atoms with van der Waals surface area (Å²) in [6.07, 6.45) is 2.55. The molecule has 20 heavy (non-hydrogen) atoms. The van der Waals surface area contributed by atoms with Gasteiger partial charge >= 0.3 is 0 Å². The minimum atomic E-state index is -0.0972. The van der Waals surface area contributed by atoms with Crippen LogP contribution in [0, 0.1) is 6.92 Å². The van der Waals surface area contributed by atoms with Crippen LogP contribution in [0.5, 0.6) is 0 Å². The number of amides is 1. The van der Waals surface area contributed by atoms with Crippen molar-refractivity contribution in [3.63, 3.8) is 0 Å². The summed E-state index contributed by atoms with van der Waals surface area (Å²) < 4.78 is 5.57. The predicted octanol–water partition coefficient (Wildman–Crippen LogP) is 2.82. The molecule has 0 saturated carbocycles. The van der Waals surface area contributed by atoms with Gasteiger partial charge in [0.05, 0.1) is 11.4 Å². The minimum Gasteiger partial charge on any atom is -0.398 e. The fourth-order valence-corrected chi connectivity index (χ4v) is 3.10. The number of nitrogen functional groups attached to an aromatic ring is 1. The first kappa shape index (κ1) is 15.2. The van der Waals surface area contributed by atoms with E-state index >= 15 is 0 Å². The Bertz CT molecular complexity index is 473. The van der Waals surface area contributed by atoms with Crippen LogP contribution in [0.4, 0.5) is 11.4 Å². The molecule has 1 aromatic rings. The Morgan fingerprint density at radius 3 is 3.10 bits per heavy atom. The van der Waals surface area contributed by atoms with Crippen molar-refractivity contribution in [2.45, 2.75) is 38.0 Å². The highest BCUT2D eigenvalue weighted by molar-refractivity contribution is 8.00. The van der Waals surface area contributed by atoms with Crippen LogP contribution < -0.4 is 11.1 Å². The normalized spacial score (nSPS) is 19.8. The van der Waals surface area contributed by atoms with Crippen LogP contribution in [-0.2, 0) is 9.53 Å². The number of benzene rings is 1. The molecule has 0 spiro atoms. The predicted molar refractivity (Wildman–Crippen MR) is 85.1 cm³/mol. The number of nitrogens with two attached hydrogens (primary N) is 1. The second-order valence-corrected chi connectivity index (χ2v) is 6.49. The van der Waals surface area contributed by atoms with Gasteiger partial charge in [-0.05, 0) is 44.4 Å². The molecular formula is C15H22N2O2S. The zero-order chi connectivity index (χ0) is 14.5. The van der Waals surface area contributed by atoms with E-state index in [9.17, 15) is 4.79 Å². The van der Waals surface area contributed by atoms with Gasteiger partial charge in [0.1, 0.15) is 0 Å². The second-order valence-electron chi connectivity index (χ2n) is 5.12. The molecule has 0 aromatic heterocycles. The van der Waals surface area contributed by atoms with Gasteiger partial charge in [-0.15, -0.1) is 11.8 Å². The van der Waals surface area contributed by atoms with Crippen molar-refractivity contribution in [2.24, 2.45) is 0 Å². The number of rotatable bonds is 5. The van der Waals surface area contributed by atoms with Gasteiger partial charge in [0.15, 0.2) is 0 Å². The highest BCUT2D eigenvalue weighted by atomic mass is 32.2. The van der Waals surface area contributed by atoms with Crippen molar-refractivity contribution >= 4 is 29.0 Å². The third kappa shape index (κ3) is 3.90. The van der Waals surface area contributed by atoms with Crippen molar-refractivity contribution in [2.75, 3.05) is 23.4 Å². The fourth-order valence-electron chi connectivity index (χ4n) is 2.13. The Hall–Kier alpha value is -1.20. The van der Waals surface area contributed by atoms with E-state index in [0.717, 1.165) is 36.5 Å². The van der Waals surface area contributed by atoms with Crippen LogP contribution >= 0.6 is 11.8 Å². The van der Waals surface area contributed by atoms with Gasteiger partial charge < -0.3 is 15.8 Å². The Morgan fingerprint density at radius 2 is 2.40 bits per heavy atom. The van der Waals surface area contributed by atoms with Crippen LogP contribution in [0.3, 0.4) is 0 Å². The highest BCUT2D eigenvalue weighted by Gasteiger charge is 2.20. The Balaban J connectivity index is 1.85. The lowest BCUT2D eigenvalue weighted by molar-refractivity contribution is -0.115. The quantitative estimate of drug-likeness (QED) is 0.820. The van der Waals surface area contributed by atoms with Gasteiger partial charge in [-0.3, -0.25) is 4.79 Å². The number of thioether (sulfide) groups is 1. The molecule has 3 N–H and O–H groups in total. The first-order chi connectivity index (χ1) is 9.58. The van der Waals surface area contributed by atoms with Gasteiger partial charge in [-0.2, -0.15) is 0 Å². The summed E-state index contributed by atoms with van der Waals surface area (Å²) in [5.74, 6) is 0.895. The maximum Gasteiger partial charge on any atom is 0.237 e. The molecule has 1 aromatic carbocycles. The molecule has 1 amide bonds. The number of carbonyl (C=O) groups excluding carboxylic acids is 1. The van der Waals surface area contributed by atoms with Crippen LogP contribution in [-0.4, -0.2) is 29.6 Å². The molecule has 110 valence electrons. The highest BCUT2D eigenvalue weighted by Crippen LogP contribution is 2.23. The summed E-state index contributed by atoms with van der Waals surface area (Å²) >= 11 is 1.64. The Kier molecular flexibility index (Phi) is 5.31. The van der Waals surface area contributed by atoms with Crippen molar-refractivity contribution < 1.29 is 9.53 Å². The largest absolute Gasteiger partial charge is 0.398 e. The molecule has 1 fully saturated rings. The maximum absolute atomic E-state index is 12.2. The SMILES string of the molecule is Cc1c(N)cccc1NC(=O)C(C)SCC1CCCO1. The molecule has 1 heterocycles. The van der Waals surface area contributed by atoms with Crippen LogP contribution in [0.1, 0.15) is 25.3 Å². The summed E-state index contributed by atoms with van der Waals surface area (Å²) in [4.78, 5) is 12.2. The van der Waals surface area contributed by atoms with E-state index in [0.29, 0.717) is 11.8 Å². The maximum atomic E-state index is 12.2. The standard InChI is InChI=1S/C15H22N2O2S/c1-10-13(16)6-3-7-14(10)17-15(18)11(2)20-9-12-5-4-8-19-12/h3,6-7,11-12H,4-5,8-9,16H2,1-2H3,(H,17,18). The molecule has 1 aliphatic heterocycles. The number of hydrogen-bond donors (Lipinski definition) is 2. The van der Waals surface area contributed by atoms with E-state index in [1.165, 1.54) is 0 Å². The van der Waals surface area contributed by atoms with Gasteiger partial charge in [0.25, 0.3) is 0 Å². The molecule has 4 nitrogen and oxygen atoms in total. The van der Waals surface area contributed by atoms with Gasteiger partial charge in [-0.1, -0.05) is 6.07 Å². The van der Waals surface area contributed by atoms with Crippen LogP contribution in [0.2, 0.25) is 0 Å². The molecule has 5 heteroatoms. The molecule has 2 rings (SSSR count). The smallest absolute Gasteiger partial charge is 0.237 e. The Morgan fingerprint density at radius 1 is 1.60 bits per heavy atom. The van der Waals surface area contributed by atoms with Gasteiger partial charge in [0, 0.05) is 23.7 Å². The molecule has 0 aliphatic carbocycles. The fraction of sp³-hybridized carbons (Fsp3) is 0.533. The van der Waals surface area contributed by atoms with Gasteiger partial charge in [-0.25, -0.2) is 0 Å². The molecule has 0 bridgehead atoms. The lowest BCUT2D eigenvalue weighted by Gasteiger charge is -2.16. The second kappa shape index (κ2) is 6.99. The zero-order valence-corrected chi connectivity index (χ0v) is 12.8. The topological polar surface area (TPSA) is 64.3 Å². The van der Waals surface area contributed by atoms with E-state index in [4.69, 9.17) is 10.5 Å². The number of ether oxygens (including phenoxy) is 1.